The zero-order chi connectivity index (χ0) is 17.4. The van der Waals surface area contributed by atoms with Gasteiger partial charge in [0.05, 0.1) is 6.10 Å². The molecule has 0 aromatic heterocycles. The van der Waals surface area contributed by atoms with Crippen molar-refractivity contribution in [2.75, 3.05) is 6.54 Å². The molecule has 1 saturated carbocycles. The molecule has 0 saturated heterocycles. The minimum atomic E-state index is -0.170. The predicted molar refractivity (Wildman–Crippen MR) is 103 cm³/mol. The Balaban J connectivity index is 1.73. The van der Waals surface area contributed by atoms with Gasteiger partial charge in [-0.05, 0) is 76.3 Å². The van der Waals surface area contributed by atoms with Gasteiger partial charge in [0.1, 0.15) is 0 Å². The second-order valence-electron chi connectivity index (χ2n) is 7.87. The summed E-state index contributed by atoms with van der Waals surface area (Å²) >= 11 is 0. The van der Waals surface area contributed by atoms with Gasteiger partial charge in [0.2, 0.25) is 0 Å². The minimum Gasteiger partial charge on any atom is -0.393 e. The van der Waals surface area contributed by atoms with E-state index in [1.165, 1.54) is 30.4 Å². The van der Waals surface area contributed by atoms with Crippen LogP contribution in [0.3, 0.4) is 0 Å². The van der Waals surface area contributed by atoms with Gasteiger partial charge in [0.25, 0.3) is 0 Å². The molecule has 0 spiro atoms. The molecule has 1 aliphatic rings. The standard InChI is InChI=1S/C22H35NO/c1-17(2)8-7-9-18(3)12-13-23-21-14-20(15-22(24)16-21)19-10-5-4-6-11-19/h4-6,8,10-11,18,20-24H,7,9,12-16H2,1-3H3. The summed E-state index contributed by atoms with van der Waals surface area (Å²) in [6.45, 7) is 7.76. The van der Waals surface area contributed by atoms with Crippen LogP contribution in [0.4, 0.5) is 0 Å². The first kappa shape index (κ1) is 19.2. The van der Waals surface area contributed by atoms with Crippen LogP contribution in [0.5, 0.6) is 0 Å². The maximum atomic E-state index is 10.2. The number of nitrogens with one attached hydrogen (secondary N) is 1. The van der Waals surface area contributed by atoms with Gasteiger partial charge in [-0.25, -0.2) is 0 Å². The summed E-state index contributed by atoms with van der Waals surface area (Å²) in [5.41, 5.74) is 2.79. The Morgan fingerprint density at radius 2 is 1.92 bits per heavy atom. The van der Waals surface area contributed by atoms with Crippen molar-refractivity contribution in [3.8, 4) is 0 Å². The fraction of sp³-hybridized carbons (Fsp3) is 0.636. The third kappa shape index (κ3) is 6.78. The molecule has 1 aromatic rings. The van der Waals surface area contributed by atoms with E-state index in [1.54, 1.807) is 0 Å². The summed E-state index contributed by atoms with van der Waals surface area (Å²) in [5, 5.41) is 13.9. The lowest BCUT2D eigenvalue weighted by atomic mass is 9.80. The number of hydrogen-bond acceptors (Lipinski definition) is 2. The van der Waals surface area contributed by atoms with Gasteiger partial charge in [0.15, 0.2) is 0 Å². The molecule has 0 heterocycles. The second kappa shape index (κ2) is 10.0. The summed E-state index contributed by atoms with van der Waals surface area (Å²) in [5.74, 6) is 1.24. The highest BCUT2D eigenvalue weighted by Gasteiger charge is 2.28. The van der Waals surface area contributed by atoms with Crippen LogP contribution in [0.1, 0.15) is 70.8 Å². The van der Waals surface area contributed by atoms with Crippen LogP contribution < -0.4 is 5.32 Å². The van der Waals surface area contributed by atoms with Crippen molar-refractivity contribution in [1.29, 1.82) is 0 Å². The molecule has 0 aliphatic heterocycles. The highest BCUT2D eigenvalue weighted by molar-refractivity contribution is 5.20. The highest BCUT2D eigenvalue weighted by Crippen LogP contribution is 2.33. The third-order valence-electron chi connectivity index (χ3n) is 5.24. The Kier molecular flexibility index (Phi) is 8.01. The first-order chi connectivity index (χ1) is 11.5. The Labute approximate surface area is 148 Å². The van der Waals surface area contributed by atoms with Gasteiger partial charge in [0, 0.05) is 6.04 Å². The molecule has 2 heteroatoms. The van der Waals surface area contributed by atoms with E-state index >= 15 is 0 Å². The van der Waals surface area contributed by atoms with Crippen molar-refractivity contribution < 1.29 is 5.11 Å². The molecule has 24 heavy (non-hydrogen) atoms. The Hall–Kier alpha value is -1.12. The first-order valence-electron chi connectivity index (χ1n) is 9.64. The maximum Gasteiger partial charge on any atom is 0.0561 e. The zero-order valence-corrected chi connectivity index (χ0v) is 15.7. The highest BCUT2D eigenvalue weighted by atomic mass is 16.3. The molecule has 134 valence electrons. The van der Waals surface area contributed by atoms with E-state index in [1.807, 2.05) is 0 Å². The lowest BCUT2D eigenvalue weighted by Gasteiger charge is -2.33. The molecule has 1 fully saturated rings. The molecule has 2 rings (SSSR count). The quantitative estimate of drug-likeness (QED) is 0.654. The lowest BCUT2D eigenvalue weighted by molar-refractivity contribution is 0.100. The molecule has 2 N–H and O–H groups in total. The lowest BCUT2D eigenvalue weighted by Crippen LogP contribution is -2.39. The number of hydrogen-bond donors (Lipinski definition) is 2. The average molecular weight is 330 g/mol. The number of aliphatic hydroxyl groups is 1. The number of rotatable bonds is 8. The van der Waals surface area contributed by atoms with Gasteiger partial charge in [-0.15, -0.1) is 0 Å². The largest absolute Gasteiger partial charge is 0.393 e. The van der Waals surface area contributed by atoms with Crippen LogP contribution >= 0.6 is 0 Å². The third-order valence-corrected chi connectivity index (χ3v) is 5.24. The van der Waals surface area contributed by atoms with Crippen molar-refractivity contribution in [3.63, 3.8) is 0 Å². The van der Waals surface area contributed by atoms with Crippen molar-refractivity contribution in [3.05, 3.63) is 47.5 Å². The SMILES string of the molecule is CC(C)=CCCC(C)CCNC1CC(O)CC(c2ccccc2)C1. The fourth-order valence-electron chi connectivity index (χ4n) is 3.79. The fourth-order valence-corrected chi connectivity index (χ4v) is 3.79. The van der Waals surface area contributed by atoms with Gasteiger partial charge in [-0.1, -0.05) is 48.9 Å². The molecule has 1 aromatic carbocycles. The van der Waals surface area contributed by atoms with Crippen LogP contribution in [0.25, 0.3) is 0 Å². The molecule has 0 amide bonds. The topological polar surface area (TPSA) is 32.3 Å². The number of benzene rings is 1. The monoisotopic (exact) mass is 329 g/mol. The zero-order valence-electron chi connectivity index (χ0n) is 15.7. The van der Waals surface area contributed by atoms with Crippen LogP contribution in [0.2, 0.25) is 0 Å². The smallest absolute Gasteiger partial charge is 0.0561 e. The minimum absolute atomic E-state index is 0.170. The number of aliphatic hydroxyl groups excluding tert-OH is 1. The molecule has 1 aliphatic carbocycles. The molecule has 4 atom stereocenters. The van der Waals surface area contributed by atoms with Gasteiger partial charge in [-0.3, -0.25) is 0 Å². The summed E-state index contributed by atoms with van der Waals surface area (Å²) in [6, 6.07) is 11.1. The van der Waals surface area contributed by atoms with E-state index in [0.717, 1.165) is 31.7 Å². The summed E-state index contributed by atoms with van der Waals surface area (Å²) < 4.78 is 0. The summed E-state index contributed by atoms with van der Waals surface area (Å²) in [7, 11) is 0. The van der Waals surface area contributed by atoms with Crippen LogP contribution in [-0.2, 0) is 0 Å². The molecule has 0 bridgehead atoms. The van der Waals surface area contributed by atoms with Crippen LogP contribution in [0, 0.1) is 5.92 Å². The number of allylic oxidation sites excluding steroid dienone is 2. The van der Waals surface area contributed by atoms with Crippen LogP contribution in [-0.4, -0.2) is 23.8 Å². The molecule has 0 radical (unpaired) electrons. The Morgan fingerprint density at radius 1 is 1.17 bits per heavy atom. The van der Waals surface area contributed by atoms with Gasteiger partial charge in [-0.2, -0.15) is 0 Å². The molecule has 2 nitrogen and oxygen atoms in total. The van der Waals surface area contributed by atoms with E-state index in [0.29, 0.717) is 12.0 Å². The maximum absolute atomic E-state index is 10.2. The molecular formula is C22H35NO. The van der Waals surface area contributed by atoms with Crippen molar-refractivity contribution in [1.82, 2.24) is 5.32 Å². The van der Waals surface area contributed by atoms with Gasteiger partial charge >= 0.3 is 0 Å². The van der Waals surface area contributed by atoms with E-state index in [4.69, 9.17) is 0 Å². The summed E-state index contributed by atoms with van der Waals surface area (Å²) in [6.07, 6.45) is 8.81. The van der Waals surface area contributed by atoms with Gasteiger partial charge < -0.3 is 10.4 Å². The van der Waals surface area contributed by atoms with Crippen molar-refractivity contribution >= 4 is 0 Å². The molecule has 4 unspecified atom stereocenters. The summed E-state index contributed by atoms with van der Waals surface area (Å²) in [4.78, 5) is 0. The molecular weight excluding hydrogens is 294 g/mol. The van der Waals surface area contributed by atoms with Crippen molar-refractivity contribution in [2.45, 2.75) is 77.4 Å². The van der Waals surface area contributed by atoms with E-state index in [9.17, 15) is 5.11 Å². The second-order valence-corrected chi connectivity index (χ2v) is 7.87. The normalized spacial score (nSPS) is 25.2. The van der Waals surface area contributed by atoms with E-state index in [2.05, 4.69) is 62.5 Å². The average Bonchev–Trinajstić information content (AvgIpc) is 2.55. The van der Waals surface area contributed by atoms with Crippen molar-refractivity contribution in [2.24, 2.45) is 5.92 Å². The Bertz CT molecular complexity index is 492. The van der Waals surface area contributed by atoms with Crippen LogP contribution in [0.15, 0.2) is 42.0 Å². The predicted octanol–water partition coefficient (Wildman–Crippen LogP) is 5.05. The first-order valence-corrected chi connectivity index (χ1v) is 9.64. The van der Waals surface area contributed by atoms with E-state index in [-0.39, 0.29) is 6.10 Å². The Morgan fingerprint density at radius 3 is 2.62 bits per heavy atom. The van der Waals surface area contributed by atoms with E-state index < -0.39 is 0 Å².